The standard InChI is InChI=1S/C15H27N3O2/c1-13-9-14(20-16-13)10-17(4)11-15(2,3)12-18-5-7-19-8-6-18/h9H,5-8,10-12H2,1-4H3. The molecule has 0 spiro atoms. The molecule has 1 aliphatic rings. The monoisotopic (exact) mass is 281 g/mol. The minimum atomic E-state index is 0.251. The maximum absolute atomic E-state index is 5.41. The van der Waals surface area contributed by atoms with Crippen LogP contribution in [0.1, 0.15) is 25.3 Å². The SMILES string of the molecule is Cc1cc(CN(C)CC(C)(C)CN2CCOCC2)on1. The predicted octanol–water partition coefficient (Wildman–Crippen LogP) is 1.77. The lowest BCUT2D eigenvalue weighted by Gasteiger charge is -2.36. The summed E-state index contributed by atoms with van der Waals surface area (Å²) in [5.41, 5.74) is 1.20. The Morgan fingerprint density at radius 3 is 2.65 bits per heavy atom. The molecule has 0 aliphatic carbocycles. The van der Waals surface area contributed by atoms with Crippen molar-refractivity contribution in [2.45, 2.75) is 27.3 Å². The summed E-state index contributed by atoms with van der Waals surface area (Å²) in [5.74, 6) is 0.937. The van der Waals surface area contributed by atoms with E-state index in [-0.39, 0.29) is 5.41 Å². The molecule has 0 amide bonds. The molecule has 0 bridgehead atoms. The Morgan fingerprint density at radius 2 is 2.05 bits per heavy atom. The molecule has 1 fully saturated rings. The van der Waals surface area contributed by atoms with Crippen LogP contribution in [0.2, 0.25) is 0 Å². The third kappa shape index (κ3) is 4.89. The first kappa shape index (κ1) is 15.5. The van der Waals surface area contributed by atoms with Crippen LogP contribution in [0, 0.1) is 12.3 Å². The molecule has 5 nitrogen and oxygen atoms in total. The van der Waals surface area contributed by atoms with Crippen molar-refractivity contribution >= 4 is 0 Å². The lowest BCUT2D eigenvalue weighted by atomic mass is 9.91. The molecule has 1 aromatic rings. The van der Waals surface area contributed by atoms with E-state index in [1.54, 1.807) is 0 Å². The second-order valence-electron chi connectivity index (χ2n) is 6.66. The van der Waals surface area contributed by atoms with Crippen molar-refractivity contribution in [3.8, 4) is 0 Å². The highest BCUT2D eigenvalue weighted by atomic mass is 16.5. The molecule has 114 valence electrons. The topological polar surface area (TPSA) is 41.7 Å². The highest BCUT2D eigenvalue weighted by Crippen LogP contribution is 2.20. The molecule has 0 N–H and O–H groups in total. The predicted molar refractivity (Wildman–Crippen MR) is 78.6 cm³/mol. The lowest BCUT2D eigenvalue weighted by Crippen LogP contribution is -2.45. The maximum Gasteiger partial charge on any atom is 0.150 e. The number of ether oxygens (including phenoxy) is 1. The summed E-state index contributed by atoms with van der Waals surface area (Å²) in [4.78, 5) is 4.80. The van der Waals surface area contributed by atoms with Crippen molar-refractivity contribution in [1.82, 2.24) is 15.0 Å². The van der Waals surface area contributed by atoms with E-state index in [1.807, 2.05) is 13.0 Å². The molecular formula is C15H27N3O2. The summed E-state index contributed by atoms with van der Waals surface area (Å²) in [6, 6.07) is 2.01. The third-order valence-electron chi connectivity index (χ3n) is 3.56. The Morgan fingerprint density at radius 1 is 1.35 bits per heavy atom. The number of aromatic nitrogens is 1. The minimum Gasteiger partial charge on any atom is -0.379 e. The Hall–Kier alpha value is -0.910. The van der Waals surface area contributed by atoms with Crippen LogP contribution in [-0.4, -0.2) is 61.4 Å². The Bertz CT molecular complexity index is 411. The largest absolute Gasteiger partial charge is 0.379 e. The summed E-state index contributed by atoms with van der Waals surface area (Å²) in [5, 5.41) is 3.94. The quantitative estimate of drug-likeness (QED) is 0.795. The smallest absolute Gasteiger partial charge is 0.150 e. The molecular weight excluding hydrogens is 254 g/mol. The van der Waals surface area contributed by atoms with Gasteiger partial charge in [-0.3, -0.25) is 9.80 Å². The van der Waals surface area contributed by atoms with Gasteiger partial charge in [-0.1, -0.05) is 19.0 Å². The van der Waals surface area contributed by atoms with Gasteiger partial charge in [-0.15, -0.1) is 0 Å². The van der Waals surface area contributed by atoms with Crippen LogP contribution >= 0.6 is 0 Å². The number of nitrogens with zero attached hydrogens (tertiary/aromatic N) is 3. The van der Waals surface area contributed by atoms with E-state index in [2.05, 4.69) is 35.9 Å². The first-order valence-corrected chi connectivity index (χ1v) is 7.35. The van der Waals surface area contributed by atoms with Gasteiger partial charge in [0.15, 0.2) is 5.76 Å². The molecule has 2 heterocycles. The van der Waals surface area contributed by atoms with Gasteiger partial charge in [-0.2, -0.15) is 0 Å². The van der Waals surface area contributed by atoms with Crippen molar-refractivity contribution in [2.75, 3.05) is 46.4 Å². The van der Waals surface area contributed by atoms with E-state index in [0.29, 0.717) is 0 Å². The normalized spacial score (nSPS) is 17.9. The number of rotatable bonds is 6. The zero-order chi connectivity index (χ0) is 14.6. The highest BCUT2D eigenvalue weighted by Gasteiger charge is 2.25. The van der Waals surface area contributed by atoms with E-state index >= 15 is 0 Å². The van der Waals surface area contributed by atoms with Crippen LogP contribution in [0.5, 0.6) is 0 Å². The average molecular weight is 281 g/mol. The average Bonchev–Trinajstić information content (AvgIpc) is 2.74. The summed E-state index contributed by atoms with van der Waals surface area (Å²) >= 11 is 0. The number of aryl methyl sites for hydroxylation is 1. The first-order valence-electron chi connectivity index (χ1n) is 7.35. The minimum absolute atomic E-state index is 0.251. The molecule has 0 aromatic carbocycles. The van der Waals surface area contributed by atoms with Crippen molar-refractivity contribution < 1.29 is 9.26 Å². The van der Waals surface area contributed by atoms with Crippen LogP contribution in [0.25, 0.3) is 0 Å². The number of morpholine rings is 1. The van der Waals surface area contributed by atoms with E-state index in [9.17, 15) is 0 Å². The molecule has 1 aromatic heterocycles. The first-order chi connectivity index (χ1) is 9.44. The van der Waals surface area contributed by atoms with Crippen LogP contribution < -0.4 is 0 Å². The Kier molecular flexibility index (Phi) is 5.18. The van der Waals surface area contributed by atoms with Crippen LogP contribution in [0.4, 0.5) is 0 Å². The molecule has 20 heavy (non-hydrogen) atoms. The Balaban J connectivity index is 1.80. The van der Waals surface area contributed by atoms with Gasteiger partial charge in [0.1, 0.15) is 0 Å². The second kappa shape index (κ2) is 6.70. The van der Waals surface area contributed by atoms with Gasteiger partial charge >= 0.3 is 0 Å². The molecule has 0 atom stereocenters. The van der Waals surface area contributed by atoms with Crippen molar-refractivity contribution in [2.24, 2.45) is 5.41 Å². The molecule has 2 rings (SSSR count). The van der Waals surface area contributed by atoms with Gasteiger partial charge < -0.3 is 9.26 Å². The van der Waals surface area contributed by atoms with E-state index in [4.69, 9.17) is 9.26 Å². The number of hydrogen-bond donors (Lipinski definition) is 0. The van der Waals surface area contributed by atoms with Crippen LogP contribution in [0.15, 0.2) is 10.6 Å². The number of hydrogen-bond acceptors (Lipinski definition) is 5. The molecule has 5 heteroatoms. The van der Waals surface area contributed by atoms with Gasteiger partial charge in [0, 0.05) is 32.2 Å². The Labute approximate surface area is 121 Å². The van der Waals surface area contributed by atoms with Gasteiger partial charge in [0.25, 0.3) is 0 Å². The molecule has 1 aliphatic heterocycles. The lowest BCUT2D eigenvalue weighted by molar-refractivity contribution is 0.0157. The summed E-state index contributed by atoms with van der Waals surface area (Å²) in [6.45, 7) is 13.4. The van der Waals surface area contributed by atoms with Crippen LogP contribution in [0.3, 0.4) is 0 Å². The fraction of sp³-hybridized carbons (Fsp3) is 0.800. The summed E-state index contributed by atoms with van der Waals surface area (Å²) in [6.07, 6.45) is 0. The fourth-order valence-electron chi connectivity index (χ4n) is 2.96. The van der Waals surface area contributed by atoms with Crippen molar-refractivity contribution in [3.05, 3.63) is 17.5 Å². The van der Waals surface area contributed by atoms with Gasteiger partial charge in [0.05, 0.1) is 25.5 Å². The third-order valence-corrected chi connectivity index (χ3v) is 3.56. The van der Waals surface area contributed by atoms with E-state index in [1.165, 1.54) is 0 Å². The second-order valence-corrected chi connectivity index (χ2v) is 6.66. The van der Waals surface area contributed by atoms with Gasteiger partial charge in [-0.25, -0.2) is 0 Å². The molecule has 0 unspecified atom stereocenters. The molecule has 0 radical (unpaired) electrons. The summed E-state index contributed by atoms with van der Waals surface area (Å²) in [7, 11) is 2.14. The molecule has 1 saturated heterocycles. The zero-order valence-electron chi connectivity index (χ0n) is 13.2. The van der Waals surface area contributed by atoms with E-state index in [0.717, 1.165) is 57.4 Å². The van der Waals surface area contributed by atoms with E-state index < -0.39 is 0 Å². The van der Waals surface area contributed by atoms with Crippen molar-refractivity contribution in [3.63, 3.8) is 0 Å². The fourth-order valence-corrected chi connectivity index (χ4v) is 2.96. The summed E-state index contributed by atoms with van der Waals surface area (Å²) < 4.78 is 10.7. The zero-order valence-corrected chi connectivity index (χ0v) is 13.2. The maximum atomic E-state index is 5.41. The van der Waals surface area contributed by atoms with Crippen molar-refractivity contribution in [1.29, 1.82) is 0 Å². The highest BCUT2D eigenvalue weighted by molar-refractivity contribution is 5.02. The van der Waals surface area contributed by atoms with Crippen LogP contribution in [-0.2, 0) is 11.3 Å². The molecule has 0 saturated carbocycles. The van der Waals surface area contributed by atoms with Gasteiger partial charge in [-0.05, 0) is 19.4 Å². The van der Waals surface area contributed by atoms with Gasteiger partial charge in [0.2, 0.25) is 0 Å².